The lowest BCUT2D eigenvalue weighted by Crippen LogP contribution is -2.44. The fraction of sp³-hybridized carbons (Fsp3) is 0.383. The molecule has 0 unspecified atom stereocenters. The van der Waals surface area contributed by atoms with Gasteiger partial charge >= 0.3 is 24.2 Å². The number of benzene rings is 3. The monoisotopic (exact) mass is 913 g/mol. The van der Waals surface area contributed by atoms with Gasteiger partial charge in [-0.25, -0.2) is 24.4 Å². The third kappa shape index (κ3) is 11.3. The molecular weight excluding hydrogens is 861 g/mol. The van der Waals surface area contributed by atoms with E-state index in [-0.39, 0.29) is 52.8 Å². The lowest BCUT2D eigenvalue weighted by molar-refractivity contribution is -0.131. The number of alkyl halides is 2. The Morgan fingerprint density at radius 2 is 1.60 bits per heavy atom. The number of thiazole rings is 1. The minimum atomic E-state index is -3.61. The Labute approximate surface area is 380 Å². The van der Waals surface area contributed by atoms with Gasteiger partial charge < -0.3 is 29.3 Å². The van der Waals surface area contributed by atoms with E-state index in [4.69, 9.17) is 14.2 Å². The Hall–Kier alpha value is -6.69. The Bertz CT molecular complexity index is 2580. The van der Waals surface area contributed by atoms with Gasteiger partial charge in [-0.2, -0.15) is 13.7 Å². The van der Waals surface area contributed by atoms with Crippen molar-refractivity contribution in [1.29, 1.82) is 0 Å². The molecule has 2 aliphatic rings. The Kier molecular flexibility index (Phi) is 13.8. The summed E-state index contributed by atoms with van der Waals surface area (Å²) >= 11 is 1.41. The van der Waals surface area contributed by atoms with Crippen molar-refractivity contribution in [3.05, 3.63) is 111 Å². The van der Waals surface area contributed by atoms with E-state index in [9.17, 15) is 24.0 Å². The van der Waals surface area contributed by atoms with E-state index in [1.54, 1.807) is 84.0 Å². The number of pyridine rings is 1. The van der Waals surface area contributed by atoms with Gasteiger partial charge in [-0.3, -0.25) is 14.9 Å². The van der Waals surface area contributed by atoms with Crippen LogP contribution in [0.25, 0.3) is 10.8 Å². The highest BCUT2D eigenvalue weighted by Crippen LogP contribution is 2.38. The van der Waals surface area contributed by atoms with Crippen LogP contribution in [0.4, 0.5) is 40.4 Å². The number of anilines is 3. The number of fused-ring (bicyclic) bond motifs is 10. The predicted octanol–water partition coefficient (Wildman–Crippen LogP) is 10.1. The van der Waals surface area contributed by atoms with Crippen LogP contribution in [0, 0.1) is 13.8 Å². The highest BCUT2D eigenvalue weighted by molar-refractivity contribution is 7.09. The van der Waals surface area contributed by atoms with Gasteiger partial charge in [0.2, 0.25) is 5.91 Å². The SMILES string of the molecule is CCN(Cc1nccs1)C(=O)c1ccc2cc1CN(C)C(=O)[C@H](Nc1ccc3c(N(C(=O)OC(C)(C)C)C(=O)OC(C)(C)C)nccc3c1)c1cc(C)c(c(C)c1)C(F)(F)COC(=O)N2. The highest BCUT2D eigenvalue weighted by atomic mass is 32.1. The van der Waals surface area contributed by atoms with Gasteiger partial charge in [-0.05, 0) is 132 Å². The van der Waals surface area contributed by atoms with Crippen molar-refractivity contribution in [2.24, 2.45) is 0 Å². The molecule has 4 bridgehead atoms. The van der Waals surface area contributed by atoms with Crippen molar-refractivity contribution < 1.29 is 47.0 Å². The summed E-state index contributed by atoms with van der Waals surface area (Å²) in [5, 5.41) is 9.22. The Balaban J connectivity index is 1.43. The van der Waals surface area contributed by atoms with Gasteiger partial charge in [0, 0.05) is 65.8 Å². The summed E-state index contributed by atoms with van der Waals surface area (Å²) in [7, 11) is 1.55. The van der Waals surface area contributed by atoms with E-state index in [1.807, 2.05) is 12.3 Å². The molecule has 2 aromatic heterocycles. The summed E-state index contributed by atoms with van der Waals surface area (Å²) < 4.78 is 48.1. The summed E-state index contributed by atoms with van der Waals surface area (Å²) in [5.74, 6) is -4.50. The topological polar surface area (TPSA) is 173 Å². The number of nitrogens with zero attached hydrogens (tertiary/aromatic N) is 5. The minimum Gasteiger partial charge on any atom is -0.443 e. The normalized spacial score (nSPS) is 15.5. The van der Waals surface area contributed by atoms with Crippen molar-refractivity contribution in [3.63, 3.8) is 0 Å². The average molecular weight is 914 g/mol. The molecule has 3 aromatic carbocycles. The molecule has 0 saturated heterocycles. The number of hydrogen-bond acceptors (Lipinski definition) is 12. The summed E-state index contributed by atoms with van der Waals surface area (Å²) in [6, 6.07) is 12.9. The standard InChI is InChI=1S/C47H53F2N7O8S/c1-11-55(25-36-50-18-19-65-36)40(57)35-15-13-33-23-31(35)24-54(10)41(58)38(30-20-27(2)37(28(3)21-30)47(48,49)26-62-42(59)53-33)52-32-12-14-34-29(22-32)16-17-51-39(34)56(43(60)63-45(4,5)6)44(61)64-46(7,8)9/h12-23,38,52H,11,24-26H2,1-10H3,(H,53,59)/t38-/m1/s1. The van der Waals surface area contributed by atoms with Crippen LogP contribution in [0.3, 0.4) is 0 Å². The number of hydrogen-bond donors (Lipinski definition) is 2. The zero-order valence-electron chi connectivity index (χ0n) is 38.0. The van der Waals surface area contributed by atoms with E-state index in [1.165, 1.54) is 66.6 Å². The maximum Gasteiger partial charge on any atom is 0.425 e. The molecule has 0 fully saturated rings. The number of carbonyl (C=O) groups excluding carboxylic acids is 5. The lowest BCUT2D eigenvalue weighted by Gasteiger charge is -2.29. The molecule has 0 saturated carbocycles. The second-order valence-corrected chi connectivity index (χ2v) is 18.7. The molecule has 2 aliphatic heterocycles. The first-order valence-electron chi connectivity index (χ1n) is 20.8. The van der Waals surface area contributed by atoms with Gasteiger partial charge in [0.1, 0.15) is 22.3 Å². The number of nitrogens with one attached hydrogen (secondary N) is 2. The van der Waals surface area contributed by atoms with Crippen LogP contribution in [0.5, 0.6) is 0 Å². The third-order valence-corrected chi connectivity index (χ3v) is 10.9. The summed E-state index contributed by atoms with van der Waals surface area (Å²) in [4.78, 5) is 81.6. The van der Waals surface area contributed by atoms with E-state index < -0.39 is 54.0 Å². The first-order chi connectivity index (χ1) is 30.4. The number of aromatic nitrogens is 2. The first kappa shape index (κ1) is 47.8. The molecule has 0 radical (unpaired) electrons. The zero-order valence-corrected chi connectivity index (χ0v) is 38.8. The molecular formula is C47H53F2N7O8S. The molecule has 18 heteroatoms. The first-order valence-corrected chi connectivity index (χ1v) is 21.7. The summed E-state index contributed by atoms with van der Waals surface area (Å²) in [6.07, 6.45) is -0.0594. The van der Waals surface area contributed by atoms with Crippen LogP contribution >= 0.6 is 11.3 Å². The van der Waals surface area contributed by atoms with Crippen LogP contribution in [-0.2, 0) is 38.0 Å². The van der Waals surface area contributed by atoms with Gasteiger partial charge in [0.15, 0.2) is 12.4 Å². The summed E-state index contributed by atoms with van der Waals surface area (Å²) in [6.45, 7) is 14.0. The molecule has 7 rings (SSSR count). The number of imide groups is 1. The molecule has 0 aliphatic carbocycles. The zero-order chi connectivity index (χ0) is 47.6. The number of halogens is 2. The van der Waals surface area contributed by atoms with Gasteiger partial charge in [0.05, 0.1) is 6.54 Å². The molecule has 2 N–H and O–H groups in total. The van der Waals surface area contributed by atoms with Gasteiger partial charge in [-0.1, -0.05) is 12.1 Å². The molecule has 4 heterocycles. The van der Waals surface area contributed by atoms with Gasteiger partial charge in [0.25, 0.3) is 5.91 Å². The Morgan fingerprint density at radius 1 is 0.938 bits per heavy atom. The molecule has 5 amide bonds. The summed E-state index contributed by atoms with van der Waals surface area (Å²) in [5.41, 5.74) is -0.431. The molecule has 65 heavy (non-hydrogen) atoms. The quantitative estimate of drug-likeness (QED) is 0.149. The lowest BCUT2D eigenvalue weighted by atomic mass is 9.91. The molecule has 1 atom stereocenters. The number of likely N-dealkylation sites (N-methyl/N-ethyl adjacent to an activating group) is 1. The van der Waals surface area contributed by atoms with Crippen LogP contribution in [0.2, 0.25) is 0 Å². The van der Waals surface area contributed by atoms with Crippen molar-refractivity contribution >= 4 is 69.4 Å². The van der Waals surface area contributed by atoms with Crippen molar-refractivity contribution in [2.75, 3.05) is 35.7 Å². The fourth-order valence-corrected chi connectivity index (χ4v) is 8.06. The number of amides is 5. The maximum absolute atomic E-state index is 15.9. The number of aryl methyl sites for hydroxylation is 2. The molecule has 5 aromatic rings. The number of rotatable bonds is 7. The number of ether oxygens (including phenoxy) is 3. The Morgan fingerprint density at radius 3 is 2.20 bits per heavy atom. The minimum absolute atomic E-state index is 0.0538. The highest BCUT2D eigenvalue weighted by Gasteiger charge is 2.39. The second kappa shape index (κ2) is 18.8. The van der Waals surface area contributed by atoms with Crippen LogP contribution in [-0.4, -0.2) is 81.3 Å². The van der Waals surface area contributed by atoms with Crippen LogP contribution in [0.1, 0.15) is 97.7 Å². The molecule has 15 nitrogen and oxygen atoms in total. The van der Waals surface area contributed by atoms with Crippen LogP contribution < -0.4 is 15.5 Å². The smallest absolute Gasteiger partial charge is 0.425 e. The van der Waals surface area contributed by atoms with E-state index in [2.05, 4.69) is 20.6 Å². The predicted molar refractivity (Wildman–Crippen MR) is 243 cm³/mol. The third-order valence-electron chi connectivity index (χ3n) is 10.1. The average Bonchev–Trinajstić information content (AvgIpc) is 3.72. The van der Waals surface area contributed by atoms with Crippen LogP contribution in [0.15, 0.2) is 72.4 Å². The largest absolute Gasteiger partial charge is 0.443 e. The van der Waals surface area contributed by atoms with Gasteiger partial charge in [-0.15, -0.1) is 11.3 Å². The van der Waals surface area contributed by atoms with Crippen molar-refractivity contribution in [1.82, 2.24) is 19.8 Å². The van der Waals surface area contributed by atoms with E-state index >= 15 is 8.78 Å². The van der Waals surface area contributed by atoms with Crippen molar-refractivity contribution in [3.8, 4) is 0 Å². The molecule has 344 valence electrons. The second-order valence-electron chi connectivity index (χ2n) is 17.7. The maximum atomic E-state index is 15.9. The van der Waals surface area contributed by atoms with E-state index in [0.717, 1.165) is 9.91 Å². The fourth-order valence-electron chi connectivity index (χ4n) is 7.43. The molecule has 0 spiro atoms. The number of carbonyl (C=O) groups is 5. The van der Waals surface area contributed by atoms with Crippen molar-refractivity contribution in [2.45, 2.75) is 98.6 Å². The van der Waals surface area contributed by atoms with E-state index in [0.29, 0.717) is 34.1 Å².